The number of amides is 1. The van der Waals surface area contributed by atoms with Crippen molar-refractivity contribution in [1.82, 2.24) is 4.90 Å². The second-order valence-electron chi connectivity index (χ2n) is 5.77. The molecule has 0 aromatic heterocycles. The van der Waals surface area contributed by atoms with Crippen LogP contribution in [0, 0.1) is 0 Å². The average molecular weight is 419 g/mol. The Morgan fingerprint density at radius 1 is 1.11 bits per heavy atom. The van der Waals surface area contributed by atoms with E-state index in [0.717, 1.165) is 10.5 Å². The minimum Gasteiger partial charge on any atom is -0.809 e. The number of ether oxygens (including phenoxy) is 1. The first-order chi connectivity index (χ1) is 12.3. The molecule has 0 fully saturated rings. The molecule has 0 aliphatic rings. The zero-order valence-electron chi connectivity index (χ0n) is 16.6. The number of likely N-dealkylation sites (N-methyl/N-ethyl adjacent to an activating group) is 1. The number of methoxy groups -OCH3 is 1. The molecule has 1 atom stereocenters. The molecule has 2 aromatic carbocycles. The van der Waals surface area contributed by atoms with E-state index in [-0.39, 0.29) is 65.5 Å². The molecule has 6 nitrogen and oxygen atoms in total. The maximum Gasteiger partial charge on any atom is 1.00 e. The van der Waals surface area contributed by atoms with Crippen molar-refractivity contribution in [2.45, 2.75) is 12.2 Å². The summed E-state index contributed by atoms with van der Waals surface area (Å²) in [5.41, 5.74) is 1.42. The van der Waals surface area contributed by atoms with Crippen molar-refractivity contribution >= 4 is 19.6 Å². The van der Waals surface area contributed by atoms with Crippen LogP contribution in [0.5, 0.6) is 5.75 Å². The Morgan fingerprint density at radius 3 is 2.18 bits per heavy atom. The van der Waals surface area contributed by atoms with Gasteiger partial charge in [-0.15, -0.1) is 0 Å². The van der Waals surface area contributed by atoms with Crippen molar-refractivity contribution in [3.63, 3.8) is 0 Å². The fourth-order valence-electron chi connectivity index (χ4n) is 2.43. The Balaban J connectivity index is 0.00000364. The van der Waals surface area contributed by atoms with Crippen LogP contribution in [-0.4, -0.2) is 30.7 Å². The quantitative estimate of drug-likeness (QED) is 0.257. The number of rotatable bonds is 7. The van der Waals surface area contributed by atoms with Crippen LogP contribution in [0.3, 0.4) is 0 Å². The summed E-state index contributed by atoms with van der Waals surface area (Å²) in [5, 5.41) is 0. The van der Waals surface area contributed by atoms with Crippen molar-refractivity contribution in [1.29, 1.82) is 0 Å². The molecule has 0 spiro atoms. The average Bonchev–Trinajstić information content (AvgIpc) is 2.64. The summed E-state index contributed by atoms with van der Waals surface area (Å²) in [6.07, 6.45) is 2.74. The first-order valence-corrected chi connectivity index (χ1v) is 9.57. The van der Waals surface area contributed by atoms with Crippen LogP contribution in [-0.2, 0) is 15.8 Å². The molecule has 1 unspecified atom stereocenters. The van der Waals surface area contributed by atoms with Gasteiger partial charge in [0.25, 0.3) is 0 Å². The first-order valence-electron chi connectivity index (χ1n) is 7.96. The third-order valence-electron chi connectivity index (χ3n) is 3.95. The third-order valence-corrected chi connectivity index (χ3v) is 5.21. The molecule has 0 heterocycles. The summed E-state index contributed by atoms with van der Waals surface area (Å²) in [6.45, 7) is 0. The van der Waals surface area contributed by atoms with Crippen LogP contribution in [0.15, 0.2) is 60.7 Å². The van der Waals surface area contributed by atoms with Crippen LogP contribution >= 0.6 is 7.60 Å². The van der Waals surface area contributed by atoms with Gasteiger partial charge >= 0.3 is 59.1 Å². The van der Waals surface area contributed by atoms with Gasteiger partial charge in [0.15, 0.2) is 0 Å². The van der Waals surface area contributed by atoms with Gasteiger partial charge in [-0.3, -0.25) is 4.79 Å². The van der Waals surface area contributed by atoms with Gasteiger partial charge in [0.1, 0.15) is 5.75 Å². The Kier molecular flexibility index (Phi) is 12.8. The number of hydrogen-bond donors (Lipinski definition) is 0. The molecule has 0 saturated heterocycles. The van der Waals surface area contributed by atoms with Gasteiger partial charge in [-0.2, -0.15) is 0 Å². The number of benzene rings is 2. The van der Waals surface area contributed by atoms with Gasteiger partial charge in [0, 0.05) is 13.1 Å². The Bertz CT molecular complexity index is 809. The van der Waals surface area contributed by atoms with Crippen molar-refractivity contribution in [2.24, 2.45) is 0 Å². The molecule has 0 radical (unpaired) electrons. The fraction of sp³-hybridized carbons (Fsp3) is 0.211. The normalized spacial score (nSPS) is 11.9. The molecule has 0 N–H and O–H groups in total. The van der Waals surface area contributed by atoms with E-state index in [2.05, 4.69) is 0 Å². The summed E-state index contributed by atoms with van der Waals surface area (Å²) in [4.78, 5) is 36.7. The summed E-state index contributed by atoms with van der Waals surface area (Å²) >= 11 is 0. The largest absolute Gasteiger partial charge is 1.00 e. The monoisotopic (exact) mass is 419 g/mol. The van der Waals surface area contributed by atoms with Crippen LogP contribution in [0.2, 0.25) is 0 Å². The first kappa shape index (κ1) is 27.6. The van der Waals surface area contributed by atoms with E-state index in [0.29, 0.717) is 11.3 Å². The van der Waals surface area contributed by atoms with Gasteiger partial charge in [-0.25, -0.2) is 0 Å². The molecule has 9 heteroatoms. The van der Waals surface area contributed by atoms with Crippen LogP contribution < -0.4 is 73.6 Å². The molecule has 28 heavy (non-hydrogen) atoms. The van der Waals surface area contributed by atoms with Crippen LogP contribution in [0.25, 0.3) is 6.08 Å². The molecule has 0 aliphatic carbocycles. The van der Waals surface area contributed by atoms with E-state index in [4.69, 9.17) is 4.74 Å². The Morgan fingerprint density at radius 2 is 1.68 bits per heavy atom. The molecule has 138 valence electrons. The molecule has 0 saturated carbocycles. The van der Waals surface area contributed by atoms with Gasteiger partial charge in [0.2, 0.25) is 5.91 Å². The molecule has 1 amide bonds. The molecule has 0 aliphatic heterocycles. The smallest absolute Gasteiger partial charge is 0.809 e. The van der Waals surface area contributed by atoms with E-state index in [1.165, 1.54) is 20.2 Å². The van der Waals surface area contributed by atoms with Gasteiger partial charge in [-0.05, 0) is 43.4 Å². The predicted octanol–water partition coefficient (Wildman–Crippen LogP) is -4.34. The molecule has 2 rings (SSSR count). The summed E-state index contributed by atoms with van der Waals surface area (Å²) in [6, 6.07) is 15.8. The Labute approximate surface area is 209 Å². The fourth-order valence-corrected chi connectivity index (χ4v) is 3.40. The maximum absolute atomic E-state index is 12.3. The van der Waals surface area contributed by atoms with Crippen LogP contribution in [0.1, 0.15) is 11.1 Å². The minimum atomic E-state index is -5.03. The topological polar surface area (TPSA) is 92.7 Å². The van der Waals surface area contributed by atoms with Gasteiger partial charge in [-0.1, -0.05) is 42.5 Å². The minimum absolute atomic E-state index is 0. The maximum atomic E-state index is 12.3. The van der Waals surface area contributed by atoms with Gasteiger partial charge in [0.05, 0.1) is 12.9 Å². The zero-order chi connectivity index (χ0) is 19.2. The van der Waals surface area contributed by atoms with E-state index in [9.17, 15) is 19.1 Å². The second kappa shape index (κ2) is 13.0. The van der Waals surface area contributed by atoms with Crippen molar-refractivity contribution in [3.05, 3.63) is 71.8 Å². The SMILES string of the molecule is COc1ccc(CC(N(C)C(=O)C=Cc2ccccc2)P(=O)([O-])[O-])cc1.[Na+].[Na+]. The number of carbonyl (C=O) groups is 1. The zero-order valence-corrected chi connectivity index (χ0v) is 21.5. The number of nitrogens with zero attached hydrogens (tertiary/aromatic N) is 1. The second-order valence-corrected chi connectivity index (χ2v) is 7.44. The number of carbonyl (C=O) groups excluding carboxylic acids is 1. The van der Waals surface area contributed by atoms with Crippen molar-refractivity contribution in [2.75, 3.05) is 14.2 Å². The summed E-state index contributed by atoms with van der Waals surface area (Å²) in [5.74, 6) is -1.41. The van der Waals surface area contributed by atoms with E-state index >= 15 is 0 Å². The van der Waals surface area contributed by atoms with Gasteiger partial charge < -0.3 is 24.0 Å². The number of hydrogen-bond acceptors (Lipinski definition) is 5. The molecular weight excluding hydrogens is 399 g/mol. The summed E-state index contributed by atoms with van der Waals surface area (Å²) in [7, 11) is -2.19. The van der Waals surface area contributed by atoms with E-state index in [1.807, 2.05) is 30.3 Å². The molecular formula is C19H20NNa2O5P. The third kappa shape index (κ3) is 8.54. The Hall–Kier alpha value is -0.400. The van der Waals surface area contributed by atoms with E-state index < -0.39 is 19.3 Å². The van der Waals surface area contributed by atoms with Crippen molar-refractivity contribution < 1.29 is 83.0 Å². The molecule has 2 aromatic rings. The van der Waals surface area contributed by atoms with Crippen molar-refractivity contribution in [3.8, 4) is 5.75 Å². The standard InChI is InChI=1S/C19H22NO5P.2Na/c1-20(18(21)13-10-15-6-4-3-5-7-15)19(26(22,23)24)14-16-8-11-17(25-2)12-9-16;;/h3-13,19H,14H2,1-2H3,(H2,22,23,24);;/q;2*+1/p-2. The van der Waals surface area contributed by atoms with E-state index in [1.54, 1.807) is 30.3 Å². The molecule has 0 bridgehead atoms. The predicted molar refractivity (Wildman–Crippen MR) is 96.3 cm³/mol. The van der Waals surface area contributed by atoms with Crippen LogP contribution in [0.4, 0.5) is 0 Å². The summed E-state index contributed by atoms with van der Waals surface area (Å²) < 4.78 is 16.8.